The first kappa shape index (κ1) is 25.9. The first-order valence-electron chi connectivity index (χ1n) is 12.3. The molecule has 4 rings (SSSR count). The van der Waals surface area contributed by atoms with Crippen LogP contribution >= 0.6 is 0 Å². The van der Waals surface area contributed by atoms with E-state index < -0.39 is 42.0 Å². The lowest BCUT2D eigenvalue weighted by Crippen LogP contribution is -2.52. The quantitative estimate of drug-likeness (QED) is 0.377. The van der Waals surface area contributed by atoms with Crippen molar-refractivity contribution in [3.05, 3.63) is 96.1 Å². The maximum absolute atomic E-state index is 13.7. The fourth-order valence-electron chi connectivity index (χ4n) is 4.24. The summed E-state index contributed by atoms with van der Waals surface area (Å²) in [5, 5.41) is 18.6. The molecule has 0 bridgehead atoms. The number of amides is 3. The number of carbonyl (C=O) groups excluding carboxylic acids is 3. The second-order valence-corrected chi connectivity index (χ2v) is 9.42. The molecule has 37 heavy (non-hydrogen) atoms. The molecule has 1 aliphatic heterocycles. The van der Waals surface area contributed by atoms with Crippen LogP contribution in [-0.2, 0) is 14.4 Å². The fourth-order valence-corrected chi connectivity index (χ4v) is 4.24. The molecule has 1 aliphatic rings. The molecule has 3 aromatic carbocycles. The van der Waals surface area contributed by atoms with Gasteiger partial charge in [-0.1, -0.05) is 86.6 Å². The van der Waals surface area contributed by atoms with Gasteiger partial charge in [-0.15, -0.1) is 0 Å². The summed E-state index contributed by atoms with van der Waals surface area (Å²) in [6, 6.07) is 22.7. The number of carbonyl (C=O) groups is 3. The van der Waals surface area contributed by atoms with Crippen LogP contribution in [0.5, 0.6) is 5.75 Å². The first-order valence-corrected chi connectivity index (χ1v) is 12.3. The standard InChI is InChI=1S/C29H31N3O5/c1-18(2)17-22(33)27(34)31-24(19-11-5-3-6-12-19)28(35)32-25-26(20-13-7-4-8-14-20)37-23-16-10-9-15-21(23)30-29(25)36/h3-16,18,22,24-26,33H,17H2,1-2H3,(H,30,36)(H,31,34)(H,32,35)/t22-,24-,25+,26+/m0/s1. The van der Waals surface area contributed by atoms with Gasteiger partial charge in [-0.3, -0.25) is 14.4 Å². The summed E-state index contributed by atoms with van der Waals surface area (Å²) in [7, 11) is 0. The summed E-state index contributed by atoms with van der Waals surface area (Å²) in [4.78, 5) is 39.8. The number of aliphatic hydroxyl groups is 1. The number of hydrogen-bond acceptors (Lipinski definition) is 5. The Kier molecular flexibility index (Phi) is 8.20. The molecule has 0 aromatic heterocycles. The molecule has 0 radical (unpaired) electrons. The van der Waals surface area contributed by atoms with Gasteiger partial charge in [-0.2, -0.15) is 0 Å². The average molecular weight is 502 g/mol. The number of para-hydroxylation sites is 2. The van der Waals surface area contributed by atoms with Crippen molar-refractivity contribution in [2.45, 2.75) is 44.6 Å². The summed E-state index contributed by atoms with van der Waals surface area (Å²) >= 11 is 0. The summed E-state index contributed by atoms with van der Waals surface area (Å²) < 4.78 is 6.25. The minimum Gasteiger partial charge on any atom is -0.481 e. The maximum atomic E-state index is 13.7. The van der Waals surface area contributed by atoms with Crippen LogP contribution in [0.25, 0.3) is 0 Å². The Labute approximate surface area is 216 Å². The van der Waals surface area contributed by atoms with Gasteiger partial charge in [-0.25, -0.2) is 0 Å². The number of anilines is 1. The molecular weight excluding hydrogens is 470 g/mol. The Morgan fingerprint density at radius 1 is 0.919 bits per heavy atom. The van der Waals surface area contributed by atoms with Gasteiger partial charge in [0.2, 0.25) is 11.8 Å². The third kappa shape index (κ3) is 6.34. The van der Waals surface area contributed by atoms with Gasteiger partial charge in [-0.05, 0) is 35.6 Å². The van der Waals surface area contributed by atoms with E-state index in [9.17, 15) is 19.5 Å². The van der Waals surface area contributed by atoms with E-state index >= 15 is 0 Å². The van der Waals surface area contributed by atoms with Crippen molar-refractivity contribution >= 4 is 23.4 Å². The molecule has 3 amide bonds. The number of ether oxygens (including phenoxy) is 1. The molecule has 3 aromatic rings. The monoisotopic (exact) mass is 501 g/mol. The minimum absolute atomic E-state index is 0.0878. The molecule has 0 aliphatic carbocycles. The zero-order valence-electron chi connectivity index (χ0n) is 20.8. The predicted molar refractivity (Wildman–Crippen MR) is 140 cm³/mol. The van der Waals surface area contributed by atoms with Crippen LogP contribution in [-0.4, -0.2) is 35.0 Å². The Morgan fingerprint density at radius 3 is 2.22 bits per heavy atom. The lowest BCUT2D eigenvalue weighted by atomic mass is 9.99. The highest BCUT2D eigenvalue weighted by Gasteiger charge is 2.38. The van der Waals surface area contributed by atoms with Crippen LogP contribution < -0.4 is 20.7 Å². The van der Waals surface area contributed by atoms with Gasteiger partial charge in [0.05, 0.1) is 5.69 Å². The van der Waals surface area contributed by atoms with Crippen LogP contribution in [0.1, 0.15) is 43.5 Å². The Hall–Kier alpha value is -4.17. The zero-order chi connectivity index (χ0) is 26.4. The van der Waals surface area contributed by atoms with Crippen LogP contribution in [0.2, 0.25) is 0 Å². The molecule has 192 valence electrons. The number of fused-ring (bicyclic) bond motifs is 1. The summed E-state index contributed by atoms with van der Waals surface area (Å²) in [6.45, 7) is 3.79. The highest BCUT2D eigenvalue weighted by molar-refractivity contribution is 6.00. The second kappa shape index (κ2) is 11.7. The molecule has 4 atom stereocenters. The third-order valence-electron chi connectivity index (χ3n) is 6.09. The van der Waals surface area contributed by atoms with Gasteiger partial charge < -0.3 is 25.8 Å². The number of hydrogen-bond donors (Lipinski definition) is 4. The largest absolute Gasteiger partial charge is 0.481 e. The van der Waals surface area contributed by atoms with Crippen molar-refractivity contribution in [2.75, 3.05) is 5.32 Å². The van der Waals surface area contributed by atoms with Crippen LogP contribution in [0.3, 0.4) is 0 Å². The first-order chi connectivity index (χ1) is 17.8. The van der Waals surface area contributed by atoms with E-state index in [2.05, 4.69) is 16.0 Å². The number of aliphatic hydroxyl groups excluding tert-OH is 1. The molecule has 0 fully saturated rings. The number of rotatable bonds is 8. The molecule has 8 heteroatoms. The Balaban J connectivity index is 1.64. The van der Waals surface area contributed by atoms with E-state index in [4.69, 9.17) is 4.74 Å². The third-order valence-corrected chi connectivity index (χ3v) is 6.09. The SMILES string of the molecule is CC(C)C[C@H](O)C(=O)N[C@H](C(=O)N[C@H]1C(=O)Nc2ccccc2O[C@@H]1c1ccccc1)c1ccccc1. The van der Waals surface area contributed by atoms with Gasteiger partial charge in [0, 0.05) is 0 Å². The van der Waals surface area contributed by atoms with Crippen molar-refractivity contribution in [1.82, 2.24) is 10.6 Å². The predicted octanol–water partition coefficient (Wildman–Crippen LogP) is 3.51. The van der Waals surface area contributed by atoms with Gasteiger partial charge in [0.1, 0.15) is 23.9 Å². The van der Waals surface area contributed by atoms with E-state index in [0.29, 0.717) is 22.6 Å². The molecule has 0 spiro atoms. The van der Waals surface area contributed by atoms with Gasteiger partial charge in [0.15, 0.2) is 6.10 Å². The number of nitrogens with one attached hydrogen (secondary N) is 3. The topological polar surface area (TPSA) is 117 Å². The maximum Gasteiger partial charge on any atom is 0.251 e. The van der Waals surface area contributed by atoms with Crippen molar-refractivity contribution in [3.63, 3.8) is 0 Å². The van der Waals surface area contributed by atoms with E-state index in [0.717, 1.165) is 0 Å². The number of benzene rings is 3. The molecule has 1 heterocycles. The highest BCUT2D eigenvalue weighted by atomic mass is 16.5. The Bertz CT molecular complexity index is 1230. The lowest BCUT2D eigenvalue weighted by molar-refractivity contribution is -0.136. The summed E-state index contributed by atoms with van der Waals surface area (Å²) in [5.41, 5.74) is 1.71. The molecular formula is C29H31N3O5. The van der Waals surface area contributed by atoms with Gasteiger partial charge >= 0.3 is 0 Å². The summed E-state index contributed by atoms with van der Waals surface area (Å²) in [5.74, 6) is -1.15. The molecule has 0 saturated carbocycles. The average Bonchev–Trinajstić information content (AvgIpc) is 3.03. The van der Waals surface area contributed by atoms with Crippen LogP contribution in [0, 0.1) is 5.92 Å². The zero-order valence-corrected chi connectivity index (χ0v) is 20.8. The highest BCUT2D eigenvalue weighted by Crippen LogP contribution is 2.34. The van der Waals surface area contributed by atoms with Crippen LogP contribution in [0.4, 0.5) is 5.69 Å². The Morgan fingerprint density at radius 2 is 1.54 bits per heavy atom. The van der Waals surface area contributed by atoms with Crippen LogP contribution in [0.15, 0.2) is 84.9 Å². The second-order valence-electron chi connectivity index (χ2n) is 9.42. The normalized spacial score (nSPS) is 18.4. The summed E-state index contributed by atoms with van der Waals surface area (Å²) in [6.07, 6.45) is -1.84. The van der Waals surface area contributed by atoms with Crippen molar-refractivity contribution in [2.24, 2.45) is 5.92 Å². The minimum atomic E-state index is -1.27. The molecule has 0 unspecified atom stereocenters. The lowest BCUT2D eigenvalue weighted by Gasteiger charge is -2.28. The van der Waals surface area contributed by atoms with E-state index in [1.807, 2.05) is 44.2 Å². The fraction of sp³-hybridized carbons (Fsp3) is 0.276. The molecule has 0 saturated heterocycles. The van der Waals surface area contributed by atoms with E-state index in [-0.39, 0.29) is 12.3 Å². The van der Waals surface area contributed by atoms with E-state index in [1.54, 1.807) is 54.6 Å². The van der Waals surface area contributed by atoms with Crippen molar-refractivity contribution in [1.29, 1.82) is 0 Å². The molecule has 8 nitrogen and oxygen atoms in total. The van der Waals surface area contributed by atoms with Crippen molar-refractivity contribution in [3.8, 4) is 5.75 Å². The van der Waals surface area contributed by atoms with Gasteiger partial charge in [0.25, 0.3) is 5.91 Å². The smallest absolute Gasteiger partial charge is 0.251 e. The molecule has 4 N–H and O–H groups in total. The van der Waals surface area contributed by atoms with E-state index in [1.165, 1.54) is 0 Å². The van der Waals surface area contributed by atoms with Crippen molar-refractivity contribution < 1.29 is 24.2 Å².